The molecule has 0 spiro atoms. The van der Waals surface area contributed by atoms with Gasteiger partial charge >= 0.3 is 6.18 Å². The van der Waals surface area contributed by atoms with Gasteiger partial charge in [-0.25, -0.2) is 9.67 Å². The van der Waals surface area contributed by atoms with Gasteiger partial charge < -0.3 is 5.32 Å². The second-order valence-electron chi connectivity index (χ2n) is 5.62. The lowest BCUT2D eigenvalue weighted by Gasteiger charge is -2.11. The molecule has 146 valence electrons. The van der Waals surface area contributed by atoms with Crippen molar-refractivity contribution in [3.63, 3.8) is 0 Å². The van der Waals surface area contributed by atoms with Crippen LogP contribution in [0.2, 0.25) is 10.0 Å². The smallest absolute Gasteiger partial charge is 0.332 e. The van der Waals surface area contributed by atoms with Gasteiger partial charge in [0.05, 0.1) is 12.1 Å². The number of anilines is 2. The zero-order valence-electron chi connectivity index (χ0n) is 14.0. The molecular weight excluding hydrogens is 434 g/mol. The first-order valence-corrected chi connectivity index (χ1v) is 8.96. The third-order valence-electron chi connectivity index (χ3n) is 3.59. The van der Waals surface area contributed by atoms with Crippen LogP contribution < -0.4 is 10.6 Å². The molecule has 0 fully saturated rings. The summed E-state index contributed by atoms with van der Waals surface area (Å²) >= 11 is 17.4. The Hall–Kier alpha value is -2.36. The minimum absolute atomic E-state index is 0.0489. The Morgan fingerprint density at radius 2 is 1.75 bits per heavy atom. The first kappa shape index (κ1) is 20.4. The Bertz CT molecular complexity index is 986. The van der Waals surface area contributed by atoms with Crippen LogP contribution in [0.1, 0.15) is 11.1 Å². The second-order valence-corrected chi connectivity index (χ2v) is 6.85. The van der Waals surface area contributed by atoms with Crippen molar-refractivity contribution in [1.82, 2.24) is 14.8 Å². The summed E-state index contributed by atoms with van der Waals surface area (Å²) in [5.74, 6) is 0.174. The lowest BCUT2D eigenvalue weighted by Crippen LogP contribution is -2.20. The van der Waals surface area contributed by atoms with Gasteiger partial charge in [0.1, 0.15) is 6.33 Å². The highest BCUT2D eigenvalue weighted by Crippen LogP contribution is 2.30. The van der Waals surface area contributed by atoms with E-state index in [1.165, 1.54) is 23.1 Å². The number of hydrogen-bond donors (Lipinski definition) is 2. The van der Waals surface area contributed by atoms with Gasteiger partial charge in [-0.2, -0.15) is 13.2 Å². The monoisotopic (exact) mass is 445 g/mol. The average Bonchev–Trinajstić information content (AvgIpc) is 3.04. The fraction of sp³-hybridized carbons (Fsp3) is 0.118. The van der Waals surface area contributed by atoms with Crippen LogP contribution in [0.3, 0.4) is 0 Å². The molecule has 0 unspecified atom stereocenters. The van der Waals surface area contributed by atoms with Crippen molar-refractivity contribution in [2.24, 2.45) is 0 Å². The summed E-state index contributed by atoms with van der Waals surface area (Å²) in [6.45, 7) is 0.293. The standard InChI is InChI=1S/C17H12Cl2F3N5S/c18-13-5-2-6-14(19)12(13)8-27-9-23-15(26-27)25-16(28)24-11-4-1-3-10(7-11)17(20,21)22/h1-7,9H,8H2,(H2,24,25,26,28). The lowest BCUT2D eigenvalue weighted by molar-refractivity contribution is -0.137. The molecule has 0 bridgehead atoms. The van der Waals surface area contributed by atoms with E-state index < -0.39 is 11.7 Å². The summed E-state index contributed by atoms with van der Waals surface area (Å²) in [4.78, 5) is 4.06. The molecule has 0 saturated carbocycles. The van der Waals surface area contributed by atoms with Gasteiger partial charge in [0.2, 0.25) is 5.95 Å². The molecule has 5 nitrogen and oxygen atoms in total. The summed E-state index contributed by atoms with van der Waals surface area (Å²) in [7, 11) is 0. The zero-order chi connectivity index (χ0) is 20.3. The molecule has 1 heterocycles. The van der Waals surface area contributed by atoms with Crippen LogP contribution in [0.4, 0.5) is 24.8 Å². The predicted molar refractivity (Wildman–Crippen MR) is 107 cm³/mol. The number of aromatic nitrogens is 3. The first-order chi connectivity index (χ1) is 13.2. The van der Waals surface area contributed by atoms with Crippen molar-refractivity contribution < 1.29 is 13.2 Å². The van der Waals surface area contributed by atoms with E-state index >= 15 is 0 Å². The van der Waals surface area contributed by atoms with Crippen molar-refractivity contribution in [1.29, 1.82) is 0 Å². The highest BCUT2D eigenvalue weighted by Gasteiger charge is 2.30. The minimum Gasteiger partial charge on any atom is -0.332 e. The summed E-state index contributed by atoms with van der Waals surface area (Å²) < 4.78 is 39.8. The number of halogens is 5. The van der Waals surface area contributed by atoms with Crippen LogP contribution in [0, 0.1) is 0 Å². The molecule has 0 aliphatic rings. The molecule has 0 atom stereocenters. The van der Waals surface area contributed by atoms with Gasteiger partial charge in [-0.3, -0.25) is 5.32 Å². The van der Waals surface area contributed by atoms with Crippen molar-refractivity contribution in [3.05, 3.63) is 70.0 Å². The number of nitrogens with one attached hydrogen (secondary N) is 2. The Kier molecular flexibility index (Phi) is 6.07. The van der Waals surface area contributed by atoms with E-state index in [0.29, 0.717) is 22.2 Å². The molecule has 3 rings (SSSR count). The number of hydrogen-bond acceptors (Lipinski definition) is 3. The Morgan fingerprint density at radius 3 is 2.43 bits per heavy atom. The van der Waals surface area contributed by atoms with Crippen molar-refractivity contribution >= 4 is 52.2 Å². The van der Waals surface area contributed by atoms with E-state index in [4.69, 9.17) is 35.4 Å². The van der Waals surface area contributed by atoms with Crippen molar-refractivity contribution in [2.75, 3.05) is 10.6 Å². The van der Waals surface area contributed by atoms with Gasteiger partial charge in [0.15, 0.2) is 5.11 Å². The minimum atomic E-state index is -4.44. The lowest BCUT2D eigenvalue weighted by atomic mass is 10.2. The largest absolute Gasteiger partial charge is 0.416 e. The molecule has 28 heavy (non-hydrogen) atoms. The summed E-state index contributed by atoms with van der Waals surface area (Å²) in [5.41, 5.74) is 0.0980. The van der Waals surface area contributed by atoms with E-state index in [2.05, 4.69) is 20.7 Å². The third-order valence-corrected chi connectivity index (χ3v) is 4.50. The average molecular weight is 446 g/mol. The van der Waals surface area contributed by atoms with Crippen LogP contribution in [-0.2, 0) is 12.7 Å². The maximum absolute atomic E-state index is 12.8. The molecule has 0 radical (unpaired) electrons. The number of rotatable bonds is 4. The van der Waals surface area contributed by atoms with Crippen LogP contribution >= 0.6 is 35.4 Å². The van der Waals surface area contributed by atoms with Crippen LogP contribution in [-0.4, -0.2) is 19.9 Å². The molecule has 3 aromatic rings. The molecule has 11 heteroatoms. The second kappa shape index (κ2) is 8.34. The number of thiocarbonyl (C=S) groups is 1. The van der Waals surface area contributed by atoms with Gasteiger partial charge in [-0.1, -0.05) is 35.3 Å². The SMILES string of the molecule is FC(F)(F)c1cccc(NC(=S)Nc2ncn(Cc3c(Cl)cccc3Cl)n2)c1. The van der Waals surface area contributed by atoms with Gasteiger partial charge in [-0.15, -0.1) is 5.10 Å². The van der Waals surface area contributed by atoms with Crippen molar-refractivity contribution in [2.45, 2.75) is 12.7 Å². The quantitative estimate of drug-likeness (QED) is 0.522. The van der Waals surface area contributed by atoms with Crippen LogP contribution in [0.5, 0.6) is 0 Å². The highest BCUT2D eigenvalue weighted by atomic mass is 35.5. The van der Waals surface area contributed by atoms with Crippen molar-refractivity contribution in [3.8, 4) is 0 Å². The Labute approximate surface area is 173 Å². The van der Waals surface area contributed by atoms with E-state index in [9.17, 15) is 13.2 Å². The van der Waals surface area contributed by atoms with Gasteiger partial charge in [-0.05, 0) is 42.5 Å². The Morgan fingerprint density at radius 1 is 1.07 bits per heavy atom. The molecule has 0 amide bonds. The molecule has 2 N–H and O–H groups in total. The summed E-state index contributed by atoms with van der Waals surface area (Å²) in [5, 5.41) is 10.6. The van der Waals surface area contributed by atoms with Gasteiger partial charge in [0, 0.05) is 21.3 Å². The predicted octanol–water partition coefficient (Wildman–Crippen LogP) is 5.46. The van der Waals surface area contributed by atoms with E-state index in [1.807, 2.05) is 0 Å². The Balaban J connectivity index is 1.64. The topological polar surface area (TPSA) is 54.8 Å². The molecule has 1 aromatic heterocycles. The summed E-state index contributed by atoms with van der Waals surface area (Å²) in [6, 6.07) is 9.85. The zero-order valence-corrected chi connectivity index (χ0v) is 16.3. The van der Waals surface area contributed by atoms with E-state index in [0.717, 1.165) is 12.1 Å². The molecule has 2 aromatic carbocycles. The van der Waals surface area contributed by atoms with Crippen LogP contribution in [0.15, 0.2) is 48.8 Å². The molecule has 0 aliphatic heterocycles. The molecule has 0 aliphatic carbocycles. The van der Waals surface area contributed by atoms with E-state index in [1.54, 1.807) is 18.2 Å². The highest BCUT2D eigenvalue weighted by molar-refractivity contribution is 7.80. The number of benzene rings is 2. The number of alkyl halides is 3. The fourth-order valence-electron chi connectivity index (χ4n) is 2.31. The van der Waals surface area contributed by atoms with Gasteiger partial charge in [0.25, 0.3) is 0 Å². The molecular formula is C17H12Cl2F3N5S. The maximum atomic E-state index is 12.8. The normalized spacial score (nSPS) is 11.3. The van der Waals surface area contributed by atoms with E-state index in [-0.39, 0.29) is 16.7 Å². The first-order valence-electron chi connectivity index (χ1n) is 7.80. The van der Waals surface area contributed by atoms with Crippen LogP contribution in [0.25, 0.3) is 0 Å². The third kappa shape index (κ3) is 5.12. The summed E-state index contributed by atoms with van der Waals surface area (Å²) in [6.07, 6.45) is -2.98. The molecule has 0 saturated heterocycles. The fourth-order valence-corrected chi connectivity index (χ4v) is 3.04. The maximum Gasteiger partial charge on any atom is 0.416 e. The number of nitrogens with zero attached hydrogens (tertiary/aromatic N) is 3.